The number of nitrogens with zero attached hydrogens (tertiary/aromatic N) is 2. The first-order chi connectivity index (χ1) is 19.3. The Morgan fingerprint density at radius 3 is 2.50 bits per heavy atom. The second-order valence-corrected chi connectivity index (χ2v) is 11.0. The van der Waals surface area contributed by atoms with E-state index in [-0.39, 0.29) is 42.4 Å². The van der Waals surface area contributed by atoms with Crippen molar-refractivity contribution in [3.05, 3.63) is 53.6 Å². The van der Waals surface area contributed by atoms with E-state index in [9.17, 15) is 14.4 Å². The largest absolute Gasteiger partial charge is 0.493 e. The average molecular weight is 551 g/mol. The second kappa shape index (κ2) is 12.2. The Labute approximate surface area is 234 Å². The van der Waals surface area contributed by atoms with Crippen molar-refractivity contribution in [3.8, 4) is 17.2 Å². The van der Waals surface area contributed by atoms with E-state index in [1.807, 2.05) is 43.0 Å². The summed E-state index contributed by atoms with van der Waals surface area (Å²) >= 11 is 0. The number of carbonyl (C=O) groups excluding carboxylic acids is 3. The van der Waals surface area contributed by atoms with Crippen molar-refractivity contribution < 1.29 is 28.6 Å². The van der Waals surface area contributed by atoms with Crippen molar-refractivity contribution in [3.63, 3.8) is 0 Å². The molecule has 10 heteroatoms. The van der Waals surface area contributed by atoms with E-state index in [2.05, 4.69) is 15.5 Å². The van der Waals surface area contributed by atoms with Crippen LogP contribution in [0.25, 0.3) is 0 Å². The Bertz CT molecular complexity index is 1230. The van der Waals surface area contributed by atoms with Gasteiger partial charge in [-0.25, -0.2) is 0 Å². The molecule has 10 nitrogen and oxygen atoms in total. The molecule has 2 aromatic carbocycles. The van der Waals surface area contributed by atoms with Gasteiger partial charge in [0.05, 0.1) is 13.2 Å². The molecule has 2 atom stereocenters. The van der Waals surface area contributed by atoms with Crippen molar-refractivity contribution >= 4 is 17.7 Å². The summed E-state index contributed by atoms with van der Waals surface area (Å²) in [6.07, 6.45) is 1.53. The lowest BCUT2D eigenvalue weighted by atomic mass is 10.0. The number of nitrogens with one attached hydrogen (secondary N) is 2. The van der Waals surface area contributed by atoms with Crippen LogP contribution in [0, 0.1) is 5.92 Å². The van der Waals surface area contributed by atoms with Gasteiger partial charge >= 0.3 is 0 Å². The zero-order chi connectivity index (χ0) is 28.2. The minimum Gasteiger partial charge on any atom is -0.493 e. The van der Waals surface area contributed by atoms with E-state index in [0.717, 1.165) is 31.5 Å². The molecular weight excluding hydrogens is 512 g/mol. The Hall–Kier alpha value is -3.79. The number of piperidine rings is 1. The molecular formula is C30H38N4O6. The number of benzene rings is 2. The van der Waals surface area contributed by atoms with Crippen LogP contribution in [-0.4, -0.2) is 85.6 Å². The number of fused-ring (bicyclic) bond motifs is 7. The third-order valence-corrected chi connectivity index (χ3v) is 7.88. The van der Waals surface area contributed by atoms with Gasteiger partial charge in [-0.05, 0) is 48.7 Å². The van der Waals surface area contributed by atoms with Gasteiger partial charge in [0.1, 0.15) is 11.9 Å². The van der Waals surface area contributed by atoms with E-state index >= 15 is 0 Å². The molecule has 0 spiro atoms. The summed E-state index contributed by atoms with van der Waals surface area (Å²) in [5, 5.41) is 6.03. The van der Waals surface area contributed by atoms with Crippen LogP contribution in [0.1, 0.15) is 42.6 Å². The number of methoxy groups -OCH3 is 1. The van der Waals surface area contributed by atoms with Gasteiger partial charge in [0, 0.05) is 50.2 Å². The molecule has 0 saturated carbocycles. The lowest BCUT2D eigenvalue weighted by Gasteiger charge is -2.37. The maximum Gasteiger partial charge on any atom is 0.258 e. The average Bonchev–Trinajstić information content (AvgIpc) is 3.36. The lowest BCUT2D eigenvalue weighted by Crippen LogP contribution is -2.48. The summed E-state index contributed by atoms with van der Waals surface area (Å²) in [7, 11) is 1.51. The predicted molar refractivity (Wildman–Crippen MR) is 148 cm³/mol. The smallest absolute Gasteiger partial charge is 0.258 e. The van der Waals surface area contributed by atoms with Gasteiger partial charge < -0.3 is 29.7 Å². The van der Waals surface area contributed by atoms with Crippen molar-refractivity contribution in [2.75, 3.05) is 39.9 Å². The van der Waals surface area contributed by atoms with Crippen molar-refractivity contribution in [1.82, 2.24) is 20.4 Å². The van der Waals surface area contributed by atoms with Gasteiger partial charge in [-0.3, -0.25) is 19.3 Å². The highest BCUT2D eigenvalue weighted by Crippen LogP contribution is 2.29. The fourth-order valence-electron chi connectivity index (χ4n) is 5.61. The third-order valence-electron chi connectivity index (χ3n) is 7.88. The van der Waals surface area contributed by atoms with E-state index in [1.54, 1.807) is 18.2 Å². The number of amides is 3. The summed E-state index contributed by atoms with van der Waals surface area (Å²) in [4.78, 5) is 42.6. The normalized spacial score (nSPS) is 22.6. The molecule has 2 fully saturated rings. The summed E-state index contributed by atoms with van der Waals surface area (Å²) in [5.41, 5.74) is 1.34. The summed E-state index contributed by atoms with van der Waals surface area (Å²) in [6, 6.07) is 12.6. The number of carbonyl (C=O) groups is 3. The van der Waals surface area contributed by atoms with Crippen LogP contribution in [0.15, 0.2) is 42.5 Å². The molecule has 3 amide bonds. The Morgan fingerprint density at radius 2 is 1.80 bits per heavy atom. The summed E-state index contributed by atoms with van der Waals surface area (Å²) < 4.78 is 17.5. The summed E-state index contributed by atoms with van der Waals surface area (Å²) in [6.45, 7) is 6.84. The molecule has 2 N–H and O–H groups in total. The van der Waals surface area contributed by atoms with E-state index in [0.29, 0.717) is 48.5 Å². The molecule has 4 aliphatic rings. The number of likely N-dealkylation sites (tertiary alicyclic amines) is 2. The van der Waals surface area contributed by atoms with E-state index < -0.39 is 0 Å². The highest BCUT2D eigenvalue weighted by molar-refractivity contribution is 5.95. The van der Waals surface area contributed by atoms with Crippen LogP contribution < -0.4 is 24.8 Å². The molecule has 2 saturated heterocycles. The zero-order valence-corrected chi connectivity index (χ0v) is 23.4. The molecule has 0 aliphatic carbocycles. The topological polar surface area (TPSA) is 109 Å². The zero-order valence-electron chi connectivity index (χ0n) is 23.4. The van der Waals surface area contributed by atoms with Gasteiger partial charge in [-0.1, -0.05) is 26.0 Å². The van der Waals surface area contributed by atoms with Crippen LogP contribution in [0.4, 0.5) is 0 Å². The standard InChI is InChI=1S/C30H38N4O6/c1-19(2)30(37)33-12-10-22(11-13-33)34-16-24-27(17-34)40-23-7-4-20(5-8-23)15-31-28(35)18-39-26-14-21(29(36)32-24)6-9-25(26)38-3/h4-9,14,19,22,24,27H,10-13,15-18H2,1-3H3,(H,31,35)(H,32,36)/t24-,27-/m0/s1. The van der Waals surface area contributed by atoms with Gasteiger partial charge in [0.15, 0.2) is 18.1 Å². The predicted octanol–water partition coefficient (Wildman–Crippen LogP) is 2.21. The number of hydrogen-bond acceptors (Lipinski definition) is 7. The minimum atomic E-state index is -0.282. The number of ether oxygens (including phenoxy) is 3. The Balaban J connectivity index is 1.36. The molecule has 214 valence electrons. The van der Waals surface area contributed by atoms with Crippen molar-refractivity contribution in [1.29, 1.82) is 0 Å². The highest BCUT2D eigenvalue weighted by atomic mass is 16.5. The maximum atomic E-state index is 13.4. The van der Waals surface area contributed by atoms with Crippen LogP contribution in [0.3, 0.4) is 0 Å². The fourth-order valence-corrected chi connectivity index (χ4v) is 5.61. The fraction of sp³-hybridized carbons (Fsp3) is 0.500. The molecule has 2 aromatic rings. The molecule has 0 radical (unpaired) electrons. The monoisotopic (exact) mass is 550 g/mol. The number of rotatable bonds is 3. The summed E-state index contributed by atoms with van der Waals surface area (Å²) in [5.74, 6) is 1.14. The van der Waals surface area contributed by atoms with Crippen LogP contribution >= 0.6 is 0 Å². The molecule has 0 unspecified atom stereocenters. The lowest BCUT2D eigenvalue weighted by molar-refractivity contribution is -0.136. The molecule has 0 aromatic heterocycles. The van der Waals surface area contributed by atoms with Crippen LogP contribution in [-0.2, 0) is 16.1 Å². The maximum absolute atomic E-state index is 13.4. The Kier molecular flexibility index (Phi) is 8.44. The molecule has 4 bridgehead atoms. The first-order valence-electron chi connectivity index (χ1n) is 14.0. The van der Waals surface area contributed by atoms with Gasteiger partial charge in [0.2, 0.25) is 5.91 Å². The van der Waals surface area contributed by atoms with Gasteiger partial charge in [-0.2, -0.15) is 0 Å². The Morgan fingerprint density at radius 1 is 1.05 bits per heavy atom. The van der Waals surface area contributed by atoms with Gasteiger partial charge in [-0.15, -0.1) is 0 Å². The molecule has 6 rings (SSSR count). The quantitative estimate of drug-likeness (QED) is 0.603. The van der Waals surface area contributed by atoms with Crippen molar-refractivity contribution in [2.24, 2.45) is 5.92 Å². The van der Waals surface area contributed by atoms with Crippen LogP contribution in [0.2, 0.25) is 0 Å². The third kappa shape index (κ3) is 6.33. The highest BCUT2D eigenvalue weighted by Gasteiger charge is 2.40. The number of hydrogen-bond donors (Lipinski definition) is 2. The molecule has 4 heterocycles. The van der Waals surface area contributed by atoms with Gasteiger partial charge in [0.25, 0.3) is 11.8 Å². The SMILES string of the molecule is COc1ccc2cc1OCC(=O)NCc1ccc(cc1)O[C@H]1CN(C3CCN(C(=O)C(C)C)CC3)C[C@@H]1NC2=O. The van der Waals surface area contributed by atoms with Crippen LogP contribution in [0.5, 0.6) is 17.2 Å². The molecule has 40 heavy (non-hydrogen) atoms. The minimum absolute atomic E-state index is 0.00116. The first kappa shape index (κ1) is 27.8. The van der Waals surface area contributed by atoms with Crippen molar-refractivity contribution in [2.45, 2.75) is 51.4 Å². The van der Waals surface area contributed by atoms with E-state index in [1.165, 1.54) is 7.11 Å². The first-order valence-corrected chi connectivity index (χ1v) is 14.0. The van der Waals surface area contributed by atoms with E-state index in [4.69, 9.17) is 14.2 Å². The molecule has 4 aliphatic heterocycles. The second-order valence-electron chi connectivity index (χ2n) is 11.0.